The van der Waals surface area contributed by atoms with Gasteiger partial charge in [0.15, 0.2) is 28.8 Å². The summed E-state index contributed by atoms with van der Waals surface area (Å²) in [4.78, 5) is 12.0. The minimum atomic E-state index is -0.232. The maximum atomic E-state index is 12.0. The molecule has 0 fully saturated rings. The van der Waals surface area contributed by atoms with Crippen molar-refractivity contribution in [2.75, 3.05) is 14.2 Å². The van der Waals surface area contributed by atoms with E-state index in [9.17, 15) is 20.1 Å². The zero-order valence-electron chi connectivity index (χ0n) is 16.3. The number of aliphatic hydroxyl groups excluding tert-OH is 1. The molecule has 3 N–H and O–H groups in total. The van der Waals surface area contributed by atoms with Crippen molar-refractivity contribution < 1.29 is 29.6 Å². The summed E-state index contributed by atoms with van der Waals surface area (Å²) in [7, 11) is 2.93. The Morgan fingerprint density at radius 1 is 0.862 bits per heavy atom. The third-order valence-corrected chi connectivity index (χ3v) is 4.00. The van der Waals surface area contributed by atoms with E-state index < -0.39 is 0 Å². The van der Waals surface area contributed by atoms with Gasteiger partial charge >= 0.3 is 0 Å². The molecule has 29 heavy (non-hydrogen) atoms. The summed E-state index contributed by atoms with van der Waals surface area (Å²) in [5.41, 5.74) is 1.58. The van der Waals surface area contributed by atoms with Crippen LogP contribution in [0, 0.1) is 0 Å². The predicted octanol–water partition coefficient (Wildman–Crippen LogP) is 4.63. The Hall–Kier alpha value is -3.67. The van der Waals surface area contributed by atoms with Gasteiger partial charge in [0.1, 0.15) is 0 Å². The summed E-state index contributed by atoms with van der Waals surface area (Å²) < 4.78 is 10.1. The van der Waals surface area contributed by atoms with Crippen LogP contribution in [0.1, 0.15) is 24.0 Å². The molecule has 2 aromatic rings. The van der Waals surface area contributed by atoms with Crippen LogP contribution in [0.4, 0.5) is 0 Å². The largest absolute Gasteiger partial charge is 0.512 e. The Bertz CT molecular complexity index is 940. The van der Waals surface area contributed by atoms with Crippen LogP contribution in [0.25, 0.3) is 12.2 Å². The van der Waals surface area contributed by atoms with Crippen molar-refractivity contribution >= 4 is 17.9 Å². The lowest BCUT2D eigenvalue weighted by Crippen LogP contribution is -1.92. The second kappa shape index (κ2) is 10.6. The molecule has 0 saturated heterocycles. The normalized spacial score (nSPS) is 11.9. The maximum absolute atomic E-state index is 12.0. The molecule has 0 atom stereocenters. The maximum Gasteiger partial charge on any atom is 0.162 e. The number of hydrogen-bond donors (Lipinski definition) is 3. The number of methoxy groups -OCH3 is 2. The van der Waals surface area contributed by atoms with E-state index in [0.717, 1.165) is 11.1 Å². The molecule has 0 bridgehead atoms. The molecule has 0 aliphatic rings. The van der Waals surface area contributed by atoms with Crippen LogP contribution in [0.3, 0.4) is 0 Å². The number of carbonyl (C=O) groups excluding carboxylic acids is 1. The van der Waals surface area contributed by atoms with E-state index in [4.69, 9.17) is 9.47 Å². The lowest BCUT2D eigenvalue weighted by molar-refractivity contribution is -0.114. The number of hydrogen-bond acceptors (Lipinski definition) is 6. The van der Waals surface area contributed by atoms with Gasteiger partial charge in [-0.05, 0) is 35.4 Å². The highest BCUT2D eigenvalue weighted by Crippen LogP contribution is 2.27. The van der Waals surface area contributed by atoms with Crippen LogP contribution < -0.4 is 9.47 Å². The third kappa shape index (κ3) is 6.77. The number of aliphatic hydroxyl groups is 1. The molecule has 0 heterocycles. The van der Waals surface area contributed by atoms with E-state index in [0.29, 0.717) is 11.5 Å². The van der Waals surface area contributed by atoms with E-state index in [1.165, 1.54) is 32.4 Å². The lowest BCUT2D eigenvalue weighted by atomic mass is 10.1. The zero-order valence-corrected chi connectivity index (χ0v) is 16.3. The van der Waals surface area contributed by atoms with Crippen molar-refractivity contribution in [3.05, 3.63) is 71.5 Å². The van der Waals surface area contributed by atoms with Crippen LogP contribution in [0.15, 0.2) is 60.4 Å². The van der Waals surface area contributed by atoms with Crippen LogP contribution in [-0.2, 0) is 4.79 Å². The number of allylic oxidation sites excluding steroid dienone is 3. The number of aromatic hydroxyl groups is 2. The van der Waals surface area contributed by atoms with Crippen molar-refractivity contribution in [1.29, 1.82) is 0 Å². The summed E-state index contributed by atoms with van der Waals surface area (Å²) in [5, 5.41) is 29.1. The number of carbonyl (C=O) groups is 1. The summed E-state index contributed by atoms with van der Waals surface area (Å²) >= 11 is 0. The summed E-state index contributed by atoms with van der Waals surface area (Å²) in [6.07, 6.45) is 8.42. The van der Waals surface area contributed by atoms with Crippen LogP contribution >= 0.6 is 0 Å². The Labute approximate surface area is 169 Å². The molecule has 6 heteroatoms. The van der Waals surface area contributed by atoms with Gasteiger partial charge in [-0.3, -0.25) is 4.79 Å². The van der Waals surface area contributed by atoms with E-state index in [-0.39, 0.29) is 35.9 Å². The van der Waals surface area contributed by atoms with Crippen molar-refractivity contribution in [3.63, 3.8) is 0 Å². The molecule has 2 rings (SSSR count). The fraction of sp³-hybridized carbons (Fsp3) is 0.174. The van der Waals surface area contributed by atoms with Gasteiger partial charge in [0.25, 0.3) is 0 Å². The molecule has 0 aromatic heterocycles. The van der Waals surface area contributed by atoms with Gasteiger partial charge < -0.3 is 24.8 Å². The molecule has 0 aliphatic heterocycles. The Balaban J connectivity index is 1.88. The summed E-state index contributed by atoms with van der Waals surface area (Å²) in [6.45, 7) is 0. The Morgan fingerprint density at radius 2 is 1.34 bits per heavy atom. The van der Waals surface area contributed by atoms with Gasteiger partial charge in [0.05, 0.1) is 20.0 Å². The molecule has 6 nitrogen and oxygen atoms in total. The average Bonchev–Trinajstić information content (AvgIpc) is 2.70. The smallest absolute Gasteiger partial charge is 0.162 e. The second-order valence-electron chi connectivity index (χ2n) is 6.18. The fourth-order valence-corrected chi connectivity index (χ4v) is 2.53. The molecule has 0 saturated carbocycles. The third-order valence-electron chi connectivity index (χ3n) is 4.00. The van der Waals surface area contributed by atoms with Gasteiger partial charge in [-0.25, -0.2) is 0 Å². The number of phenols is 2. The standard InChI is InChI=1S/C23H24O6/c1-28-22-13-16(9-11-20(22)26)5-3-7-18(24)15-19(25)8-4-6-17-10-12-21(27)23(14-17)29-2/h3-6,9-15,24,26-27H,7-8H2,1-2H3/b5-3+,6-4+,18-15-. The number of ketones is 1. The number of benzene rings is 2. The summed E-state index contributed by atoms with van der Waals surface area (Å²) in [5.74, 6) is 0.541. The first-order valence-electron chi connectivity index (χ1n) is 8.92. The molecule has 152 valence electrons. The number of phenolic OH excluding ortho intramolecular Hbond substituents is 2. The molecule has 0 spiro atoms. The highest BCUT2D eigenvalue weighted by molar-refractivity contribution is 5.91. The minimum Gasteiger partial charge on any atom is -0.512 e. The van der Waals surface area contributed by atoms with Crippen molar-refractivity contribution in [2.24, 2.45) is 0 Å². The van der Waals surface area contributed by atoms with Gasteiger partial charge in [-0.1, -0.05) is 36.4 Å². The number of rotatable bonds is 9. The van der Waals surface area contributed by atoms with Gasteiger partial charge in [0, 0.05) is 18.9 Å². The Morgan fingerprint density at radius 3 is 1.83 bits per heavy atom. The molecular weight excluding hydrogens is 372 g/mol. The van der Waals surface area contributed by atoms with Crippen molar-refractivity contribution in [3.8, 4) is 23.0 Å². The van der Waals surface area contributed by atoms with Crippen molar-refractivity contribution in [2.45, 2.75) is 12.8 Å². The highest BCUT2D eigenvalue weighted by atomic mass is 16.5. The molecule has 0 unspecified atom stereocenters. The molecule has 0 amide bonds. The fourth-order valence-electron chi connectivity index (χ4n) is 2.53. The van der Waals surface area contributed by atoms with Gasteiger partial charge in [-0.15, -0.1) is 0 Å². The lowest BCUT2D eigenvalue weighted by Gasteiger charge is -2.03. The van der Waals surface area contributed by atoms with Crippen molar-refractivity contribution in [1.82, 2.24) is 0 Å². The molecule has 0 aliphatic carbocycles. The van der Waals surface area contributed by atoms with Crippen LogP contribution in [0.5, 0.6) is 23.0 Å². The van der Waals surface area contributed by atoms with Gasteiger partial charge in [-0.2, -0.15) is 0 Å². The SMILES string of the molecule is COc1cc(/C=C/CC(=O)/C=C(\O)C/C=C/c2ccc(O)c(OC)c2)ccc1O. The molecule has 0 radical (unpaired) electrons. The second-order valence-corrected chi connectivity index (χ2v) is 6.18. The predicted molar refractivity (Wildman–Crippen MR) is 112 cm³/mol. The summed E-state index contributed by atoms with van der Waals surface area (Å²) in [6, 6.07) is 9.78. The van der Waals surface area contributed by atoms with Crippen LogP contribution in [-0.4, -0.2) is 35.3 Å². The van der Waals surface area contributed by atoms with Crippen LogP contribution in [0.2, 0.25) is 0 Å². The van der Waals surface area contributed by atoms with E-state index in [1.807, 2.05) is 0 Å². The Kier molecular flexibility index (Phi) is 7.91. The van der Waals surface area contributed by atoms with E-state index in [2.05, 4.69) is 0 Å². The number of ether oxygens (including phenoxy) is 2. The first kappa shape index (κ1) is 21.6. The van der Waals surface area contributed by atoms with E-state index in [1.54, 1.807) is 48.6 Å². The monoisotopic (exact) mass is 396 g/mol. The average molecular weight is 396 g/mol. The first-order valence-corrected chi connectivity index (χ1v) is 8.92. The molecule has 2 aromatic carbocycles. The zero-order chi connectivity index (χ0) is 21.2. The van der Waals surface area contributed by atoms with Gasteiger partial charge in [0.2, 0.25) is 0 Å². The van der Waals surface area contributed by atoms with E-state index >= 15 is 0 Å². The topological polar surface area (TPSA) is 96.2 Å². The quantitative estimate of drug-likeness (QED) is 0.422. The first-order chi connectivity index (χ1) is 13.9. The highest BCUT2D eigenvalue weighted by Gasteiger charge is 2.02. The molecular formula is C23H24O6. The minimum absolute atomic E-state index is 0.0447.